The van der Waals surface area contributed by atoms with Gasteiger partial charge >= 0.3 is 5.97 Å². The Bertz CT molecular complexity index is 446. The Morgan fingerprint density at radius 3 is 2.60 bits per heavy atom. The van der Waals surface area contributed by atoms with Gasteiger partial charge in [0.2, 0.25) is 0 Å². The molecule has 0 fully saturated rings. The largest absolute Gasteiger partial charge is 0.478 e. The molecule has 0 atom stereocenters. The van der Waals surface area contributed by atoms with E-state index in [0.29, 0.717) is 12.1 Å². The molecule has 1 aromatic carbocycles. The van der Waals surface area contributed by atoms with Gasteiger partial charge in [-0.15, -0.1) is 0 Å². The van der Waals surface area contributed by atoms with Gasteiger partial charge in [0.05, 0.1) is 11.9 Å². The van der Waals surface area contributed by atoms with Crippen LogP contribution in [-0.4, -0.2) is 20.6 Å². The lowest BCUT2D eigenvalue weighted by molar-refractivity contribution is 0.0697. The Balaban J connectivity index is 2.14. The fraction of sp³-hybridized carbons (Fsp3) is 0.0909. The number of carbonyl (C=O) groups is 1. The molecule has 4 heteroatoms. The summed E-state index contributed by atoms with van der Waals surface area (Å²) in [6, 6.07) is 6.83. The Morgan fingerprint density at radius 1 is 1.33 bits per heavy atom. The van der Waals surface area contributed by atoms with E-state index in [1.54, 1.807) is 24.7 Å². The van der Waals surface area contributed by atoms with Crippen LogP contribution in [0.4, 0.5) is 0 Å². The van der Waals surface area contributed by atoms with Crippen molar-refractivity contribution in [1.29, 1.82) is 0 Å². The van der Waals surface area contributed by atoms with Gasteiger partial charge in [0, 0.05) is 18.9 Å². The van der Waals surface area contributed by atoms with Crippen LogP contribution in [0.2, 0.25) is 0 Å². The van der Waals surface area contributed by atoms with Crippen LogP contribution in [0.15, 0.2) is 43.0 Å². The summed E-state index contributed by atoms with van der Waals surface area (Å²) in [6.07, 6.45) is 5.31. The van der Waals surface area contributed by atoms with E-state index < -0.39 is 5.97 Å². The minimum atomic E-state index is -0.899. The first-order valence-electron chi connectivity index (χ1n) is 4.54. The van der Waals surface area contributed by atoms with Gasteiger partial charge < -0.3 is 9.67 Å². The van der Waals surface area contributed by atoms with Gasteiger partial charge in [-0.25, -0.2) is 9.78 Å². The molecule has 1 aromatic heterocycles. The van der Waals surface area contributed by atoms with E-state index >= 15 is 0 Å². The van der Waals surface area contributed by atoms with Crippen molar-refractivity contribution in [3.63, 3.8) is 0 Å². The molecule has 0 amide bonds. The monoisotopic (exact) mass is 202 g/mol. The molecule has 15 heavy (non-hydrogen) atoms. The standard InChI is InChI=1S/C11H10N2O2/c14-11(15)10-3-1-9(2-4-10)7-13-6-5-12-8-13/h1-6,8H,7H2,(H,14,15). The lowest BCUT2D eigenvalue weighted by Crippen LogP contribution is -1.99. The van der Waals surface area contributed by atoms with Crippen LogP contribution in [0.1, 0.15) is 15.9 Å². The predicted molar refractivity (Wildman–Crippen MR) is 54.7 cm³/mol. The van der Waals surface area contributed by atoms with Crippen LogP contribution < -0.4 is 0 Å². The average molecular weight is 202 g/mol. The van der Waals surface area contributed by atoms with Gasteiger partial charge in [-0.1, -0.05) is 12.1 Å². The van der Waals surface area contributed by atoms with E-state index in [4.69, 9.17) is 5.11 Å². The topological polar surface area (TPSA) is 55.1 Å². The minimum absolute atomic E-state index is 0.310. The maximum absolute atomic E-state index is 10.6. The first-order valence-corrected chi connectivity index (χ1v) is 4.54. The third kappa shape index (κ3) is 2.22. The third-order valence-electron chi connectivity index (χ3n) is 2.13. The molecule has 0 radical (unpaired) electrons. The molecule has 0 saturated carbocycles. The van der Waals surface area contributed by atoms with Crippen LogP contribution in [0.25, 0.3) is 0 Å². The quantitative estimate of drug-likeness (QED) is 0.822. The second-order valence-corrected chi connectivity index (χ2v) is 3.24. The molecule has 4 nitrogen and oxygen atoms in total. The summed E-state index contributed by atoms with van der Waals surface area (Å²) in [6.45, 7) is 0.708. The van der Waals surface area contributed by atoms with E-state index in [2.05, 4.69) is 4.98 Å². The number of aromatic nitrogens is 2. The Morgan fingerprint density at radius 2 is 2.07 bits per heavy atom. The maximum Gasteiger partial charge on any atom is 0.335 e. The van der Waals surface area contributed by atoms with Gasteiger partial charge in [-0.05, 0) is 17.7 Å². The zero-order valence-electron chi connectivity index (χ0n) is 8.00. The van der Waals surface area contributed by atoms with E-state index in [0.717, 1.165) is 5.56 Å². The van der Waals surface area contributed by atoms with E-state index in [-0.39, 0.29) is 0 Å². The van der Waals surface area contributed by atoms with Crippen molar-refractivity contribution in [2.24, 2.45) is 0 Å². The number of benzene rings is 1. The SMILES string of the molecule is O=C(O)c1ccc(Cn2ccnc2)cc1. The Kier molecular flexibility index (Phi) is 2.49. The number of carboxylic acid groups (broad SMARTS) is 1. The summed E-state index contributed by atoms with van der Waals surface area (Å²) in [4.78, 5) is 14.5. The van der Waals surface area contributed by atoms with Gasteiger partial charge in [0.25, 0.3) is 0 Å². The normalized spacial score (nSPS) is 10.1. The summed E-state index contributed by atoms with van der Waals surface area (Å²) in [5.74, 6) is -0.899. The molecule has 2 aromatic rings. The molecule has 0 unspecified atom stereocenters. The van der Waals surface area contributed by atoms with Crippen LogP contribution in [-0.2, 0) is 6.54 Å². The molecule has 0 aliphatic rings. The molecule has 76 valence electrons. The van der Waals surface area contributed by atoms with Crippen LogP contribution in [0, 0.1) is 0 Å². The van der Waals surface area contributed by atoms with E-state index in [9.17, 15) is 4.79 Å². The molecule has 0 saturated heterocycles. The molecule has 1 heterocycles. The van der Waals surface area contributed by atoms with Crippen LogP contribution >= 0.6 is 0 Å². The zero-order chi connectivity index (χ0) is 10.7. The second kappa shape index (κ2) is 3.96. The lowest BCUT2D eigenvalue weighted by atomic mass is 10.1. The lowest BCUT2D eigenvalue weighted by Gasteiger charge is -2.02. The van der Waals surface area contributed by atoms with Crippen LogP contribution in [0.5, 0.6) is 0 Å². The average Bonchev–Trinajstić information content (AvgIpc) is 2.71. The van der Waals surface area contributed by atoms with E-state index in [1.165, 1.54) is 0 Å². The first kappa shape index (κ1) is 9.45. The van der Waals surface area contributed by atoms with Crippen molar-refractivity contribution in [3.8, 4) is 0 Å². The molecule has 1 N–H and O–H groups in total. The van der Waals surface area contributed by atoms with Gasteiger partial charge in [-0.3, -0.25) is 0 Å². The fourth-order valence-electron chi connectivity index (χ4n) is 1.34. The number of hydrogen-bond acceptors (Lipinski definition) is 2. The molecule has 0 spiro atoms. The summed E-state index contributed by atoms with van der Waals surface area (Å²) in [7, 11) is 0. The highest BCUT2D eigenvalue weighted by atomic mass is 16.4. The van der Waals surface area contributed by atoms with Crippen molar-refractivity contribution in [2.75, 3.05) is 0 Å². The summed E-state index contributed by atoms with van der Waals surface area (Å²) < 4.78 is 1.93. The molecule has 0 aliphatic carbocycles. The summed E-state index contributed by atoms with van der Waals surface area (Å²) in [5, 5.41) is 8.72. The number of aromatic carboxylic acids is 1. The number of rotatable bonds is 3. The predicted octanol–water partition coefficient (Wildman–Crippen LogP) is 1.63. The van der Waals surface area contributed by atoms with Crippen molar-refractivity contribution in [2.45, 2.75) is 6.54 Å². The number of hydrogen-bond donors (Lipinski definition) is 1. The van der Waals surface area contributed by atoms with E-state index in [1.807, 2.05) is 22.9 Å². The molecule has 2 rings (SSSR count). The smallest absolute Gasteiger partial charge is 0.335 e. The summed E-state index contributed by atoms with van der Waals surface area (Å²) >= 11 is 0. The molecule has 0 aliphatic heterocycles. The highest BCUT2D eigenvalue weighted by molar-refractivity contribution is 5.87. The highest BCUT2D eigenvalue weighted by Crippen LogP contribution is 2.06. The molecular weight excluding hydrogens is 192 g/mol. The minimum Gasteiger partial charge on any atom is -0.478 e. The van der Waals surface area contributed by atoms with Crippen molar-refractivity contribution < 1.29 is 9.90 Å². The van der Waals surface area contributed by atoms with Crippen molar-refractivity contribution in [1.82, 2.24) is 9.55 Å². The fourth-order valence-corrected chi connectivity index (χ4v) is 1.34. The van der Waals surface area contributed by atoms with Crippen molar-refractivity contribution in [3.05, 3.63) is 54.1 Å². The maximum atomic E-state index is 10.6. The number of nitrogens with zero attached hydrogens (tertiary/aromatic N) is 2. The Labute approximate surface area is 86.8 Å². The summed E-state index contributed by atoms with van der Waals surface area (Å²) in [5.41, 5.74) is 1.36. The van der Waals surface area contributed by atoms with Gasteiger partial charge in [-0.2, -0.15) is 0 Å². The first-order chi connectivity index (χ1) is 7.25. The van der Waals surface area contributed by atoms with Gasteiger partial charge in [0.1, 0.15) is 0 Å². The number of carboxylic acids is 1. The molecule has 0 bridgehead atoms. The highest BCUT2D eigenvalue weighted by Gasteiger charge is 2.01. The van der Waals surface area contributed by atoms with Crippen molar-refractivity contribution >= 4 is 5.97 Å². The van der Waals surface area contributed by atoms with Crippen LogP contribution in [0.3, 0.4) is 0 Å². The Hall–Kier alpha value is -2.10. The van der Waals surface area contributed by atoms with Gasteiger partial charge in [0.15, 0.2) is 0 Å². The number of imidazole rings is 1. The second-order valence-electron chi connectivity index (χ2n) is 3.24. The third-order valence-corrected chi connectivity index (χ3v) is 2.13. The zero-order valence-corrected chi connectivity index (χ0v) is 8.00. The molecular formula is C11H10N2O2.